The number of ether oxygens (including phenoxy) is 1. The lowest BCUT2D eigenvalue weighted by molar-refractivity contribution is -0.146. The molecule has 104 valence electrons. The molecule has 4 rings (SSSR count). The normalized spacial score (nSPS) is 44.4. The fourth-order valence-electron chi connectivity index (χ4n) is 4.91. The van der Waals surface area contributed by atoms with Crippen LogP contribution in [-0.4, -0.2) is 24.0 Å². The van der Waals surface area contributed by atoms with Gasteiger partial charge in [-0.15, -0.1) is 0 Å². The van der Waals surface area contributed by atoms with Gasteiger partial charge in [0.1, 0.15) is 6.10 Å². The third kappa shape index (κ3) is 1.72. The van der Waals surface area contributed by atoms with Gasteiger partial charge in [0.15, 0.2) is 0 Å². The summed E-state index contributed by atoms with van der Waals surface area (Å²) in [6, 6.07) is 0.341. The summed E-state index contributed by atoms with van der Waals surface area (Å²) in [5, 5.41) is 3.20. The van der Waals surface area contributed by atoms with Crippen molar-refractivity contribution in [3.05, 3.63) is 0 Å². The van der Waals surface area contributed by atoms with E-state index in [9.17, 15) is 9.59 Å². The van der Waals surface area contributed by atoms with E-state index >= 15 is 0 Å². The van der Waals surface area contributed by atoms with Crippen LogP contribution < -0.4 is 5.32 Å². The summed E-state index contributed by atoms with van der Waals surface area (Å²) in [6.07, 6.45) is 7.98. The molecule has 0 radical (unpaired) electrons. The van der Waals surface area contributed by atoms with Gasteiger partial charge in [0, 0.05) is 12.0 Å². The first-order valence-corrected chi connectivity index (χ1v) is 7.75. The van der Waals surface area contributed by atoms with E-state index in [1.807, 2.05) is 0 Å². The fourth-order valence-corrected chi connectivity index (χ4v) is 4.91. The molecule has 1 heterocycles. The molecular weight excluding hydrogens is 242 g/mol. The molecule has 1 N–H and O–H groups in total. The van der Waals surface area contributed by atoms with Gasteiger partial charge in [0.05, 0.1) is 11.8 Å². The second kappa shape index (κ2) is 4.22. The average molecular weight is 263 g/mol. The molecule has 4 heteroatoms. The van der Waals surface area contributed by atoms with Crippen LogP contribution in [0.1, 0.15) is 44.9 Å². The van der Waals surface area contributed by atoms with Gasteiger partial charge < -0.3 is 10.1 Å². The zero-order valence-corrected chi connectivity index (χ0v) is 11.1. The lowest BCUT2D eigenvalue weighted by atomic mass is 9.79. The van der Waals surface area contributed by atoms with Crippen LogP contribution in [0, 0.1) is 23.7 Å². The Labute approximate surface area is 113 Å². The summed E-state index contributed by atoms with van der Waals surface area (Å²) >= 11 is 0. The molecule has 19 heavy (non-hydrogen) atoms. The van der Waals surface area contributed by atoms with Gasteiger partial charge in [-0.25, -0.2) is 0 Å². The standard InChI is InChI=1S/C15H21NO3/c17-14(16-9-4-2-1-3-5-9)12-8-6-10-11(7-8)19-15(18)13(10)12/h8-13H,1-7H2,(H,16,17). The predicted octanol–water partition coefficient (Wildman–Crippen LogP) is 1.63. The third-order valence-corrected chi connectivity index (χ3v) is 5.74. The monoisotopic (exact) mass is 263 g/mol. The molecule has 1 aliphatic heterocycles. The Morgan fingerprint density at radius 2 is 1.95 bits per heavy atom. The number of carbonyl (C=O) groups excluding carboxylic acids is 2. The van der Waals surface area contributed by atoms with Crippen molar-refractivity contribution in [3.63, 3.8) is 0 Å². The van der Waals surface area contributed by atoms with Crippen LogP contribution in [0.25, 0.3) is 0 Å². The minimum Gasteiger partial charge on any atom is -0.462 e. The molecule has 2 bridgehead atoms. The number of fused-ring (bicyclic) bond motifs is 1. The van der Waals surface area contributed by atoms with Gasteiger partial charge in [-0.05, 0) is 31.6 Å². The molecule has 0 spiro atoms. The average Bonchev–Trinajstić information content (AvgIpc) is 3.00. The SMILES string of the molecule is O=C(NC1CCCCC1)C1C2CC3OC(=O)C1C3C2. The van der Waals surface area contributed by atoms with Gasteiger partial charge in [0.2, 0.25) is 5.91 Å². The van der Waals surface area contributed by atoms with E-state index in [0.717, 1.165) is 25.7 Å². The molecule has 1 amide bonds. The Kier molecular flexibility index (Phi) is 2.61. The van der Waals surface area contributed by atoms with Crippen LogP contribution in [0.4, 0.5) is 0 Å². The lowest BCUT2D eigenvalue weighted by Crippen LogP contribution is -2.44. The van der Waals surface area contributed by atoms with Crippen molar-refractivity contribution < 1.29 is 14.3 Å². The van der Waals surface area contributed by atoms with Crippen molar-refractivity contribution in [1.82, 2.24) is 5.32 Å². The molecule has 5 unspecified atom stereocenters. The summed E-state index contributed by atoms with van der Waals surface area (Å²) < 4.78 is 5.39. The zero-order valence-electron chi connectivity index (χ0n) is 11.1. The molecule has 4 fully saturated rings. The quantitative estimate of drug-likeness (QED) is 0.770. The topological polar surface area (TPSA) is 55.4 Å². The van der Waals surface area contributed by atoms with E-state index in [-0.39, 0.29) is 29.8 Å². The second-order valence-corrected chi connectivity index (χ2v) is 6.77. The largest absolute Gasteiger partial charge is 0.462 e. The Balaban J connectivity index is 1.47. The first-order chi connectivity index (χ1) is 9.24. The number of amides is 1. The highest BCUT2D eigenvalue weighted by Crippen LogP contribution is 2.57. The van der Waals surface area contributed by atoms with Gasteiger partial charge >= 0.3 is 5.97 Å². The van der Waals surface area contributed by atoms with Crippen molar-refractivity contribution in [2.75, 3.05) is 0 Å². The molecule has 0 aromatic rings. The molecule has 3 aliphatic carbocycles. The molecule has 0 aromatic carbocycles. The maximum absolute atomic E-state index is 12.5. The Morgan fingerprint density at radius 3 is 2.74 bits per heavy atom. The molecule has 1 saturated heterocycles. The van der Waals surface area contributed by atoms with Gasteiger partial charge in [0.25, 0.3) is 0 Å². The molecule has 4 nitrogen and oxygen atoms in total. The number of hydrogen-bond donors (Lipinski definition) is 1. The molecular formula is C15H21NO3. The minimum atomic E-state index is -0.132. The molecule has 5 atom stereocenters. The van der Waals surface area contributed by atoms with Crippen molar-refractivity contribution in [1.29, 1.82) is 0 Å². The molecule has 4 aliphatic rings. The van der Waals surface area contributed by atoms with Gasteiger partial charge in [-0.3, -0.25) is 9.59 Å². The van der Waals surface area contributed by atoms with Crippen molar-refractivity contribution in [2.24, 2.45) is 23.7 Å². The van der Waals surface area contributed by atoms with Crippen molar-refractivity contribution in [3.8, 4) is 0 Å². The van der Waals surface area contributed by atoms with Crippen LogP contribution in [0.3, 0.4) is 0 Å². The summed E-state index contributed by atoms with van der Waals surface area (Å²) in [5.41, 5.74) is 0. The number of esters is 1. The van der Waals surface area contributed by atoms with Crippen LogP contribution in [0.2, 0.25) is 0 Å². The van der Waals surface area contributed by atoms with Crippen molar-refractivity contribution >= 4 is 11.9 Å². The Hall–Kier alpha value is -1.06. The van der Waals surface area contributed by atoms with Crippen LogP contribution in [0.15, 0.2) is 0 Å². The third-order valence-electron chi connectivity index (χ3n) is 5.74. The maximum Gasteiger partial charge on any atom is 0.310 e. The lowest BCUT2D eigenvalue weighted by Gasteiger charge is -2.28. The van der Waals surface area contributed by atoms with Crippen molar-refractivity contribution in [2.45, 2.75) is 57.1 Å². The second-order valence-electron chi connectivity index (χ2n) is 6.77. The highest BCUT2D eigenvalue weighted by molar-refractivity contribution is 5.88. The predicted molar refractivity (Wildman–Crippen MR) is 68.1 cm³/mol. The van der Waals surface area contributed by atoms with Gasteiger partial charge in [-0.2, -0.15) is 0 Å². The summed E-state index contributed by atoms with van der Waals surface area (Å²) in [5.74, 6) is 0.501. The highest BCUT2D eigenvalue weighted by atomic mass is 16.6. The van der Waals surface area contributed by atoms with Crippen LogP contribution in [0.5, 0.6) is 0 Å². The summed E-state index contributed by atoms with van der Waals surface area (Å²) in [4.78, 5) is 24.4. The number of hydrogen-bond acceptors (Lipinski definition) is 3. The summed E-state index contributed by atoms with van der Waals surface area (Å²) in [6.45, 7) is 0. The first kappa shape index (κ1) is 11.7. The van der Waals surface area contributed by atoms with Crippen LogP contribution in [-0.2, 0) is 14.3 Å². The molecule has 0 aromatic heterocycles. The zero-order chi connectivity index (χ0) is 13.0. The fraction of sp³-hybridized carbons (Fsp3) is 0.867. The maximum atomic E-state index is 12.5. The minimum absolute atomic E-state index is 0.0989. The highest BCUT2D eigenvalue weighted by Gasteiger charge is 2.63. The van der Waals surface area contributed by atoms with E-state index < -0.39 is 0 Å². The van der Waals surface area contributed by atoms with E-state index in [1.165, 1.54) is 19.3 Å². The Bertz CT molecular complexity index is 414. The van der Waals surface area contributed by atoms with E-state index in [1.54, 1.807) is 0 Å². The number of nitrogens with one attached hydrogen (secondary N) is 1. The van der Waals surface area contributed by atoms with E-state index in [2.05, 4.69) is 5.32 Å². The first-order valence-electron chi connectivity index (χ1n) is 7.75. The molecule has 3 saturated carbocycles. The number of carbonyl (C=O) groups is 2. The van der Waals surface area contributed by atoms with Gasteiger partial charge in [-0.1, -0.05) is 19.3 Å². The van der Waals surface area contributed by atoms with Crippen LogP contribution >= 0.6 is 0 Å². The summed E-state index contributed by atoms with van der Waals surface area (Å²) in [7, 11) is 0. The van der Waals surface area contributed by atoms with E-state index in [0.29, 0.717) is 17.9 Å². The van der Waals surface area contributed by atoms with E-state index in [4.69, 9.17) is 4.74 Å². The Morgan fingerprint density at radius 1 is 1.16 bits per heavy atom. The number of rotatable bonds is 2. The smallest absolute Gasteiger partial charge is 0.310 e.